The molecule has 0 spiro atoms. The maximum Gasteiger partial charge on any atom is 0.416 e. The summed E-state index contributed by atoms with van der Waals surface area (Å²) in [6, 6.07) is 4.52. The van der Waals surface area contributed by atoms with Crippen LogP contribution in [0.5, 0.6) is 0 Å². The molecule has 0 saturated heterocycles. The van der Waals surface area contributed by atoms with Crippen molar-refractivity contribution in [1.82, 2.24) is 0 Å². The van der Waals surface area contributed by atoms with Crippen molar-refractivity contribution < 1.29 is 22.7 Å². The Balaban J connectivity index is 2.70. The fourth-order valence-electron chi connectivity index (χ4n) is 0.915. The van der Waals surface area contributed by atoms with Gasteiger partial charge in [-0.25, -0.2) is 0 Å². The lowest BCUT2D eigenvalue weighted by Gasteiger charge is -2.09. The molecule has 0 aromatic heterocycles. The Kier molecular flexibility index (Phi) is 3.54. The van der Waals surface area contributed by atoms with Gasteiger partial charge in [0.05, 0.1) is 5.56 Å². The van der Waals surface area contributed by atoms with Crippen molar-refractivity contribution in [3.63, 3.8) is 0 Å². The summed E-state index contributed by atoms with van der Waals surface area (Å²) in [5, 5.41) is 2.38. The first kappa shape index (κ1) is 11.4. The Morgan fingerprint density at radius 2 is 2.07 bits per heavy atom. The van der Waals surface area contributed by atoms with Crippen LogP contribution >= 0.6 is 0 Å². The van der Waals surface area contributed by atoms with Crippen molar-refractivity contribution in [2.45, 2.75) is 6.18 Å². The maximum atomic E-state index is 12.2. The minimum atomic E-state index is -4.39. The third-order valence-electron chi connectivity index (χ3n) is 1.54. The van der Waals surface area contributed by atoms with Crippen LogP contribution in [0, 0.1) is 6.73 Å². The van der Waals surface area contributed by atoms with Crippen molar-refractivity contribution in [3.8, 4) is 0 Å². The summed E-state index contributed by atoms with van der Waals surface area (Å²) in [6.45, 7) is 1.04. The maximum absolute atomic E-state index is 12.2. The van der Waals surface area contributed by atoms with Crippen LogP contribution in [0.1, 0.15) is 5.56 Å². The minimum Gasteiger partial charge on any atom is -0.438 e. The van der Waals surface area contributed by atoms with E-state index in [1.807, 2.05) is 0 Å². The summed E-state index contributed by atoms with van der Waals surface area (Å²) >= 11 is 0. The number of carbonyl (C=O) groups excluding carboxylic acids is 1. The lowest BCUT2D eigenvalue weighted by atomic mass is 10.2. The van der Waals surface area contributed by atoms with Crippen LogP contribution in [0.2, 0.25) is 0 Å². The van der Waals surface area contributed by atoms with Crippen molar-refractivity contribution in [2.75, 3.05) is 5.32 Å². The van der Waals surface area contributed by atoms with Gasteiger partial charge >= 0.3 is 6.18 Å². The molecule has 6 heteroatoms. The molecule has 0 aliphatic heterocycles. The van der Waals surface area contributed by atoms with E-state index in [2.05, 4.69) is 10.1 Å². The van der Waals surface area contributed by atoms with Gasteiger partial charge in [0.1, 0.15) is 0 Å². The Morgan fingerprint density at radius 3 is 2.67 bits per heavy atom. The van der Waals surface area contributed by atoms with Gasteiger partial charge in [0.2, 0.25) is 6.73 Å². The first-order chi connectivity index (χ1) is 7.04. The van der Waals surface area contributed by atoms with Gasteiger partial charge in [0.25, 0.3) is 6.47 Å². The molecule has 0 atom stereocenters. The molecule has 1 N–H and O–H groups in total. The van der Waals surface area contributed by atoms with E-state index in [9.17, 15) is 18.0 Å². The normalized spacial score (nSPS) is 10.9. The van der Waals surface area contributed by atoms with Crippen LogP contribution in [-0.4, -0.2) is 6.47 Å². The van der Waals surface area contributed by atoms with Gasteiger partial charge < -0.3 is 10.1 Å². The number of ether oxygens (including phenoxy) is 1. The second kappa shape index (κ2) is 4.68. The summed E-state index contributed by atoms with van der Waals surface area (Å²) in [4.78, 5) is 9.75. The van der Waals surface area contributed by atoms with Gasteiger partial charge in [0, 0.05) is 5.69 Å². The van der Waals surface area contributed by atoms with Crippen LogP contribution in [0.4, 0.5) is 18.9 Å². The first-order valence-electron chi connectivity index (χ1n) is 3.88. The van der Waals surface area contributed by atoms with Gasteiger partial charge in [0.15, 0.2) is 0 Å². The molecule has 0 fully saturated rings. The molecule has 0 unspecified atom stereocenters. The monoisotopic (exact) mass is 218 g/mol. The van der Waals surface area contributed by atoms with Crippen molar-refractivity contribution in [2.24, 2.45) is 0 Å². The standard InChI is InChI=1S/C9H7F3NO2/c10-9(11,12)7-2-1-3-8(4-7)13-5-15-6-14/h1-6,13H. The van der Waals surface area contributed by atoms with Gasteiger partial charge in [-0.15, -0.1) is 0 Å². The molecule has 0 aliphatic rings. The fraction of sp³-hybridized carbons (Fsp3) is 0.111. The number of rotatable bonds is 4. The zero-order valence-corrected chi connectivity index (χ0v) is 7.41. The third-order valence-corrected chi connectivity index (χ3v) is 1.54. The number of anilines is 1. The van der Waals surface area contributed by atoms with Crippen LogP contribution in [0.3, 0.4) is 0 Å². The molecule has 0 heterocycles. The van der Waals surface area contributed by atoms with E-state index in [1.54, 1.807) is 0 Å². The quantitative estimate of drug-likeness (QED) is 0.623. The van der Waals surface area contributed by atoms with Crippen LogP contribution in [0.15, 0.2) is 24.3 Å². The predicted octanol–water partition coefficient (Wildman–Crippen LogP) is 2.41. The Labute approximate surface area is 83.8 Å². The SMILES string of the molecule is O=CO[CH]Nc1cccc(C(F)(F)F)c1. The van der Waals surface area contributed by atoms with E-state index in [4.69, 9.17) is 0 Å². The van der Waals surface area contributed by atoms with E-state index >= 15 is 0 Å². The lowest BCUT2D eigenvalue weighted by molar-refractivity contribution is -0.137. The number of carbonyl (C=O) groups is 1. The van der Waals surface area contributed by atoms with E-state index in [0.717, 1.165) is 18.9 Å². The van der Waals surface area contributed by atoms with E-state index < -0.39 is 11.7 Å². The smallest absolute Gasteiger partial charge is 0.416 e. The van der Waals surface area contributed by atoms with Crippen molar-refractivity contribution in [3.05, 3.63) is 36.6 Å². The molecular formula is C9H7F3NO2. The lowest BCUT2D eigenvalue weighted by Crippen LogP contribution is -2.06. The van der Waals surface area contributed by atoms with Gasteiger partial charge in [-0.3, -0.25) is 4.79 Å². The number of hydrogen-bond donors (Lipinski definition) is 1. The highest BCUT2D eigenvalue weighted by atomic mass is 19.4. The molecule has 3 nitrogen and oxygen atoms in total. The Hall–Kier alpha value is -1.72. The first-order valence-corrected chi connectivity index (χ1v) is 3.88. The van der Waals surface area contributed by atoms with Crippen molar-refractivity contribution in [1.29, 1.82) is 0 Å². The molecule has 1 aromatic carbocycles. The summed E-state index contributed by atoms with van der Waals surface area (Å²) in [5.74, 6) is 0. The number of nitrogens with one attached hydrogen (secondary N) is 1. The number of halogens is 3. The molecule has 0 saturated carbocycles. The van der Waals surface area contributed by atoms with Gasteiger partial charge in [-0.2, -0.15) is 13.2 Å². The van der Waals surface area contributed by atoms with Crippen LogP contribution in [-0.2, 0) is 15.7 Å². The topological polar surface area (TPSA) is 38.3 Å². The summed E-state index contributed by atoms with van der Waals surface area (Å²) in [6.07, 6.45) is -4.39. The average Bonchev–Trinajstić information content (AvgIpc) is 2.17. The molecule has 15 heavy (non-hydrogen) atoms. The highest BCUT2D eigenvalue weighted by Crippen LogP contribution is 2.30. The largest absolute Gasteiger partial charge is 0.438 e. The zero-order valence-electron chi connectivity index (χ0n) is 7.41. The number of benzene rings is 1. The van der Waals surface area contributed by atoms with Crippen molar-refractivity contribution >= 4 is 12.2 Å². The molecule has 1 radical (unpaired) electrons. The number of hydrogen-bond acceptors (Lipinski definition) is 3. The fourth-order valence-corrected chi connectivity index (χ4v) is 0.915. The van der Waals surface area contributed by atoms with Crippen LogP contribution < -0.4 is 5.32 Å². The molecular weight excluding hydrogens is 211 g/mol. The second-order valence-corrected chi connectivity index (χ2v) is 2.57. The van der Waals surface area contributed by atoms with Gasteiger partial charge in [-0.1, -0.05) is 6.07 Å². The summed E-state index contributed by atoms with van der Waals surface area (Å²) in [7, 11) is 0. The zero-order chi connectivity index (χ0) is 11.3. The molecule has 0 aliphatic carbocycles. The van der Waals surface area contributed by atoms with E-state index in [1.165, 1.54) is 12.1 Å². The average molecular weight is 218 g/mol. The molecule has 1 rings (SSSR count). The van der Waals surface area contributed by atoms with E-state index in [0.29, 0.717) is 0 Å². The number of alkyl halides is 3. The molecule has 1 aromatic rings. The highest BCUT2D eigenvalue weighted by Gasteiger charge is 2.30. The van der Waals surface area contributed by atoms with Crippen LogP contribution in [0.25, 0.3) is 0 Å². The Morgan fingerprint density at radius 1 is 1.33 bits per heavy atom. The molecule has 0 bridgehead atoms. The summed E-state index contributed by atoms with van der Waals surface area (Å²) < 4.78 is 40.9. The minimum absolute atomic E-state index is 0.153. The predicted molar refractivity (Wildman–Crippen MR) is 46.5 cm³/mol. The molecule has 0 amide bonds. The second-order valence-electron chi connectivity index (χ2n) is 2.57. The van der Waals surface area contributed by atoms with Gasteiger partial charge in [-0.05, 0) is 18.2 Å². The highest BCUT2D eigenvalue weighted by molar-refractivity contribution is 5.48. The third kappa shape index (κ3) is 3.49. The van der Waals surface area contributed by atoms with E-state index in [-0.39, 0.29) is 12.2 Å². The molecule has 81 valence electrons. The Bertz CT molecular complexity index is 338. The summed E-state index contributed by atoms with van der Waals surface area (Å²) in [5.41, 5.74) is -0.585.